The minimum Gasteiger partial charge on any atom is -0.362 e. The van der Waals surface area contributed by atoms with Gasteiger partial charge in [-0.2, -0.15) is 13.2 Å². The Balaban J connectivity index is 1.52. The van der Waals surface area contributed by atoms with Gasteiger partial charge in [-0.3, -0.25) is 4.79 Å². The molecule has 0 aliphatic heterocycles. The molecule has 0 saturated heterocycles. The lowest BCUT2D eigenvalue weighted by Gasteiger charge is -2.21. The van der Waals surface area contributed by atoms with E-state index in [0.29, 0.717) is 12.5 Å². The fraction of sp³-hybridized carbons (Fsp3) is 0.923. The number of halogens is 3. The number of ether oxygens (including phenoxy) is 1. The second-order valence-electron chi connectivity index (χ2n) is 5.68. The summed E-state index contributed by atoms with van der Waals surface area (Å²) < 4.78 is 39.7. The van der Waals surface area contributed by atoms with Crippen molar-refractivity contribution >= 4 is 5.91 Å². The number of hydrogen-bond acceptors (Lipinski definition) is 2. The Morgan fingerprint density at radius 2 is 2.05 bits per heavy atom. The van der Waals surface area contributed by atoms with Crippen molar-refractivity contribution in [2.45, 2.75) is 38.3 Å². The van der Waals surface area contributed by atoms with Crippen LogP contribution in [0.1, 0.15) is 32.1 Å². The molecule has 0 aromatic rings. The van der Waals surface area contributed by atoms with Crippen molar-refractivity contribution < 1.29 is 22.7 Å². The molecule has 2 aliphatic rings. The number of fused-ring (bicyclic) bond motifs is 2. The van der Waals surface area contributed by atoms with Crippen LogP contribution >= 0.6 is 0 Å². The highest BCUT2D eigenvalue weighted by Gasteiger charge is 2.38. The van der Waals surface area contributed by atoms with Crippen molar-refractivity contribution in [3.05, 3.63) is 0 Å². The molecule has 2 rings (SSSR count). The number of amides is 1. The van der Waals surface area contributed by atoms with E-state index < -0.39 is 25.3 Å². The molecular weight excluding hydrogens is 259 g/mol. The van der Waals surface area contributed by atoms with E-state index in [1.54, 1.807) is 0 Å². The molecule has 2 aliphatic carbocycles. The van der Waals surface area contributed by atoms with E-state index in [4.69, 9.17) is 0 Å². The van der Waals surface area contributed by atoms with Gasteiger partial charge in [-0.05, 0) is 43.4 Å². The molecule has 3 unspecified atom stereocenters. The van der Waals surface area contributed by atoms with Crippen LogP contribution in [0.2, 0.25) is 0 Å². The molecule has 2 saturated carbocycles. The molecule has 3 atom stereocenters. The highest BCUT2D eigenvalue weighted by atomic mass is 19.4. The predicted octanol–water partition coefficient (Wildman–Crippen LogP) is 2.51. The molecule has 1 amide bonds. The van der Waals surface area contributed by atoms with Crippen LogP contribution in [0, 0.1) is 17.8 Å². The summed E-state index contributed by atoms with van der Waals surface area (Å²) in [6.45, 7) is -1.34. The molecule has 0 heterocycles. The third-order valence-electron chi connectivity index (χ3n) is 4.22. The number of hydrogen-bond donors (Lipinski definition) is 1. The maximum Gasteiger partial charge on any atom is 0.411 e. The summed E-state index contributed by atoms with van der Waals surface area (Å²) in [4.78, 5) is 11.3. The van der Waals surface area contributed by atoms with Gasteiger partial charge in [0.15, 0.2) is 0 Å². The van der Waals surface area contributed by atoms with Crippen molar-refractivity contribution in [1.29, 1.82) is 0 Å². The second-order valence-corrected chi connectivity index (χ2v) is 5.68. The molecule has 2 fully saturated rings. The van der Waals surface area contributed by atoms with Crippen LogP contribution in [0.25, 0.3) is 0 Å². The molecule has 2 bridgehead atoms. The molecule has 0 aromatic carbocycles. The molecule has 0 radical (unpaired) electrons. The van der Waals surface area contributed by atoms with Crippen molar-refractivity contribution in [2.24, 2.45) is 17.8 Å². The SMILES string of the molecule is O=C(COCC(F)(F)F)NCCC1CC2CCC1C2. The third kappa shape index (κ3) is 4.67. The highest BCUT2D eigenvalue weighted by molar-refractivity contribution is 5.77. The Morgan fingerprint density at radius 1 is 1.26 bits per heavy atom. The molecule has 0 spiro atoms. The van der Waals surface area contributed by atoms with E-state index in [0.717, 1.165) is 18.3 Å². The van der Waals surface area contributed by atoms with Crippen LogP contribution in [-0.2, 0) is 9.53 Å². The van der Waals surface area contributed by atoms with Crippen molar-refractivity contribution in [3.63, 3.8) is 0 Å². The molecule has 3 nitrogen and oxygen atoms in total. The Hall–Kier alpha value is -0.780. The largest absolute Gasteiger partial charge is 0.411 e. The van der Waals surface area contributed by atoms with E-state index >= 15 is 0 Å². The summed E-state index contributed by atoms with van der Waals surface area (Å²) in [6, 6.07) is 0. The maximum atomic E-state index is 11.8. The topological polar surface area (TPSA) is 38.3 Å². The summed E-state index contributed by atoms with van der Waals surface area (Å²) in [5, 5.41) is 2.62. The lowest BCUT2D eigenvalue weighted by atomic mass is 9.86. The van der Waals surface area contributed by atoms with Gasteiger partial charge in [0.2, 0.25) is 5.91 Å². The van der Waals surface area contributed by atoms with Gasteiger partial charge >= 0.3 is 6.18 Å². The first kappa shape index (κ1) is 14.6. The molecular formula is C13H20F3NO2. The minimum absolute atomic E-state index is 0.465. The van der Waals surface area contributed by atoms with E-state index in [-0.39, 0.29) is 0 Å². The van der Waals surface area contributed by atoms with Crippen molar-refractivity contribution in [3.8, 4) is 0 Å². The van der Waals surface area contributed by atoms with Crippen molar-refractivity contribution in [1.82, 2.24) is 5.32 Å². The molecule has 0 aromatic heterocycles. The zero-order chi connectivity index (χ0) is 13.9. The van der Waals surface area contributed by atoms with Crippen LogP contribution in [0.5, 0.6) is 0 Å². The Kier molecular flexibility index (Phi) is 4.71. The first-order valence-electron chi connectivity index (χ1n) is 6.85. The summed E-state index contributed by atoms with van der Waals surface area (Å²) in [6.07, 6.45) is 1.80. The monoisotopic (exact) mass is 279 g/mol. The van der Waals surface area contributed by atoms with Crippen LogP contribution < -0.4 is 5.32 Å². The quantitative estimate of drug-likeness (QED) is 0.811. The molecule has 1 N–H and O–H groups in total. The number of alkyl halides is 3. The van der Waals surface area contributed by atoms with Gasteiger partial charge < -0.3 is 10.1 Å². The van der Waals surface area contributed by atoms with Gasteiger partial charge in [0.25, 0.3) is 0 Å². The zero-order valence-electron chi connectivity index (χ0n) is 10.8. The lowest BCUT2D eigenvalue weighted by Crippen LogP contribution is -2.31. The summed E-state index contributed by atoms with van der Waals surface area (Å²) in [5.41, 5.74) is 0. The standard InChI is InChI=1S/C13H20F3NO2/c14-13(15,16)8-19-7-12(18)17-4-3-11-6-9-1-2-10(11)5-9/h9-11H,1-8H2,(H,17,18). The normalized spacial score (nSPS) is 29.7. The molecule has 19 heavy (non-hydrogen) atoms. The lowest BCUT2D eigenvalue weighted by molar-refractivity contribution is -0.175. The Labute approximate surface area is 110 Å². The fourth-order valence-corrected chi connectivity index (χ4v) is 3.44. The van der Waals surface area contributed by atoms with Gasteiger partial charge in [0.05, 0.1) is 0 Å². The fourth-order valence-electron chi connectivity index (χ4n) is 3.44. The molecule has 110 valence electrons. The highest BCUT2D eigenvalue weighted by Crippen LogP contribution is 2.49. The molecule has 6 heteroatoms. The number of carbonyl (C=O) groups excluding carboxylic acids is 1. The predicted molar refractivity (Wildman–Crippen MR) is 63.4 cm³/mol. The van der Waals surface area contributed by atoms with Crippen LogP contribution in [0.4, 0.5) is 13.2 Å². The van der Waals surface area contributed by atoms with Crippen molar-refractivity contribution in [2.75, 3.05) is 19.8 Å². The number of carbonyl (C=O) groups is 1. The Morgan fingerprint density at radius 3 is 2.63 bits per heavy atom. The van der Waals surface area contributed by atoms with Gasteiger partial charge in [-0.25, -0.2) is 0 Å². The third-order valence-corrected chi connectivity index (χ3v) is 4.22. The summed E-state index contributed by atoms with van der Waals surface area (Å²) in [5.74, 6) is 1.91. The number of rotatable bonds is 6. The van der Waals surface area contributed by atoms with Gasteiger partial charge in [0.1, 0.15) is 13.2 Å². The Bertz CT molecular complexity index is 320. The zero-order valence-corrected chi connectivity index (χ0v) is 10.8. The average Bonchev–Trinajstić information content (AvgIpc) is 2.89. The van der Waals surface area contributed by atoms with Crippen LogP contribution in [0.3, 0.4) is 0 Å². The first-order valence-corrected chi connectivity index (χ1v) is 6.85. The smallest absolute Gasteiger partial charge is 0.362 e. The van der Waals surface area contributed by atoms with Gasteiger partial charge in [-0.1, -0.05) is 6.42 Å². The van der Waals surface area contributed by atoms with E-state index in [2.05, 4.69) is 10.1 Å². The van der Waals surface area contributed by atoms with E-state index in [1.165, 1.54) is 25.7 Å². The van der Waals surface area contributed by atoms with Crippen LogP contribution in [0.15, 0.2) is 0 Å². The number of nitrogens with one attached hydrogen (secondary N) is 1. The van der Waals surface area contributed by atoms with Crippen LogP contribution in [-0.4, -0.2) is 31.8 Å². The first-order chi connectivity index (χ1) is 8.94. The van der Waals surface area contributed by atoms with E-state index in [1.807, 2.05) is 0 Å². The minimum atomic E-state index is -4.37. The van der Waals surface area contributed by atoms with Gasteiger partial charge in [0, 0.05) is 6.54 Å². The maximum absolute atomic E-state index is 11.8. The summed E-state index contributed by atoms with van der Waals surface area (Å²) in [7, 11) is 0. The summed E-state index contributed by atoms with van der Waals surface area (Å²) >= 11 is 0. The second kappa shape index (κ2) is 6.11. The van der Waals surface area contributed by atoms with E-state index in [9.17, 15) is 18.0 Å². The average molecular weight is 279 g/mol. The van der Waals surface area contributed by atoms with Gasteiger partial charge in [-0.15, -0.1) is 0 Å².